The number of nitrogens with zero attached hydrogens (tertiary/aromatic N) is 2. The molecule has 1 N–H and O–H groups in total. The van der Waals surface area contributed by atoms with Crippen molar-refractivity contribution in [2.75, 3.05) is 39.3 Å². The van der Waals surface area contributed by atoms with Crippen molar-refractivity contribution in [3.05, 3.63) is 35.4 Å². The highest BCUT2D eigenvalue weighted by Gasteiger charge is 2.27. The van der Waals surface area contributed by atoms with Crippen LogP contribution in [0.1, 0.15) is 63.6 Å². The molecule has 2 aliphatic rings. The van der Waals surface area contributed by atoms with Crippen molar-refractivity contribution in [2.24, 2.45) is 0 Å². The molecule has 0 aliphatic carbocycles. The minimum atomic E-state index is -0.0992. The second-order valence-corrected chi connectivity index (χ2v) is 8.66. The highest BCUT2D eigenvalue weighted by molar-refractivity contribution is 5.81. The summed E-state index contributed by atoms with van der Waals surface area (Å²) in [7, 11) is 0. The Labute approximate surface area is 176 Å². The molecule has 2 fully saturated rings. The lowest BCUT2D eigenvalue weighted by Crippen LogP contribution is -2.49. The molecule has 2 saturated heterocycles. The third-order valence-corrected chi connectivity index (χ3v) is 6.61. The molecule has 162 valence electrons. The Balaban J connectivity index is 1.37. The smallest absolute Gasteiger partial charge is 0.237 e. The SMILES string of the molecule is CCc1ccc([C@@H](C)NC(=O)[C@H](C)N2CCC(OCCN3CCCC3)CC2)cc1. The van der Waals surface area contributed by atoms with Crippen LogP contribution < -0.4 is 5.32 Å². The van der Waals surface area contributed by atoms with Gasteiger partial charge in [-0.3, -0.25) is 9.69 Å². The van der Waals surface area contributed by atoms with Gasteiger partial charge in [0.15, 0.2) is 0 Å². The van der Waals surface area contributed by atoms with E-state index in [2.05, 4.69) is 53.2 Å². The molecule has 1 amide bonds. The number of ether oxygens (including phenoxy) is 1. The lowest BCUT2D eigenvalue weighted by molar-refractivity contribution is -0.127. The van der Waals surface area contributed by atoms with Gasteiger partial charge in [-0.15, -0.1) is 0 Å². The Bertz CT molecular complexity index is 620. The number of piperidine rings is 1. The van der Waals surface area contributed by atoms with Crippen LogP contribution in [0.4, 0.5) is 0 Å². The maximum atomic E-state index is 12.8. The first-order chi connectivity index (χ1) is 14.1. The number of likely N-dealkylation sites (tertiary alicyclic amines) is 2. The fraction of sp³-hybridized carbons (Fsp3) is 0.708. The van der Waals surface area contributed by atoms with Crippen molar-refractivity contribution in [3.63, 3.8) is 0 Å². The minimum Gasteiger partial charge on any atom is -0.377 e. The maximum absolute atomic E-state index is 12.8. The van der Waals surface area contributed by atoms with Crippen molar-refractivity contribution in [2.45, 2.75) is 71.1 Å². The van der Waals surface area contributed by atoms with E-state index in [9.17, 15) is 4.79 Å². The zero-order valence-electron chi connectivity index (χ0n) is 18.5. The molecule has 5 nitrogen and oxygen atoms in total. The average Bonchev–Trinajstić information content (AvgIpc) is 3.27. The molecule has 2 atom stereocenters. The van der Waals surface area contributed by atoms with Gasteiger partial charge in [-0.25, -0.2) is 0 Å². The summed E-state index contributed by atoms with van der Waals surface area (Å²) in [5.41, 5.74) is 2.49. The van der Waals surface area contributed by atoms with Crippen molar-refractivity contribution >= 4 is 5.91 Å². The number of benzene rings is 1. The molecule has 5 heteroatoms. The number of hydrogen-bond donors (Lipinski definition) is 1. The van der Waals surface area contributed by atoms with Crippen LogP contribution in [-0.4, -0.2) is 67.2 Å². The predicted molar refractivity (Wildman–Crippen MR) is 118 cm³/mol. The fourth-order valence-electron chi connectivity index (χ4n) is 4.41. The molecular formula is C24H39N3O2. The molecule has 0 bridgehead atoms. The van der Waals surface area contributed by atoms with Gasteiger partial charge >= 0.3 is 0 Å². The van der Waals surface area contributed by atoms with Gasteiger partial charge in [0.1, 0.15) is 0 Å². The summed E-state index contributed by atoms with van der Waals surface area (Å²) < 4.78 is 6.11. The molecule has 29 heavy (non-hydrogen) atoms. The van der Waals surface area contributed by atoms with Gasteiger partial charge in [-0.2, -0.15) is 0 Å². The standard InChI is InChI=1S/C24H39N3O2/c1-4-21-7-9-22(10-8-21)19(2)25-24(28)20(3)27-15-11-23(12-16-27)29-18-17-26-13-5-6-14-26/h7-10,19-20,23H,4-6,11-18H2,1-3H3,(H,25,28)/t19-,20+/m1/s1. The molecule has 0 saturated carbocycles. The van der Waals surface area contributed by atoms with Crippen LogP contribution in [0, 0.1) is 0 Å². The van der Waals surface area contributed by atoms with E-state index >= 15 is 0 Å². The number of aryl methyl sites for hydroxylation is 1. The van der Waals surface area contributed by atoms with Gasteiger partial charge in [0.25, 0.3) is 0 Å². The van der Waals surface area contributed by atoms with E-state index < -0.39 is 0 Å². The van der Waals surface area contributed by atoms with Crippen molar-refractivity contribution in [1.29, 1.82) is 0 Å². The molecule has 0 radical (unpaired) electrons. The van der Waals surface area contributed by atoms with E-state index in [1.54, 1.807) is 0 Å². The lowest BCUT2D eigenvalue weighted by Gasteiger charge is -2.35. The van der Waals surface area contributed by atoms with Crippen LogP contribution in [0.15, 0.2) is 24.3 Å². The summed E-state index contributed by atoms with van der Waals surface area (Å²) >= 11 is 0. The summed E-state index contributed by atoms with van der Waals surface area (Å²) in [5.74, 6) is 0.116. The highest BCUT2D eigenvalue weighted by atomic mass is 16.5. The van der Waals surface area contributed by atoms with Gasteiger partial charge in [0, 0.05) is 19.6 Å². The molecule has 1 aromatic carbocycles. The van der Waals surface area contributed by atoms with Gasteiger partial charge in [0.2, 0.25) is 5.91 Å². The second kappa shape index (κ2) is 11.1. The number of carbonyl (C=O) groups excluding carboxylic acids is 1. The predicted octanol–water partition coefficient (Wildman–Crippen LogP) is 3.39. The number of carbonyl (C=O) groups is 1. The highest BCUT2D eigenvalue weighted by Crippen LogP contribution is 2.18. The quantitative estimate of drug-likeness (QED) is 0.689. The molecule has 3 rings (SSSR count). The van der Waals surface area contributed by atoms with Crippen molar-refractivity contribution in [3.8, 4) is 0 Å². The summed E-state index contributed by atoms with van der Waals surface area (Å²) in [6.07, 6.45) is 6.09. The Morgan fingerprint density at radius 1 is 1.10 bits per heavy atom. The van der Waals surface area contributed by atoms with Crippen molar-refractivity contribution in [1.82, 2.24) is 15.1 Å². The molecular weight excluding hydrogens is 362 g/mol. The van der Waals surface area contributed by atoms with E-state index in [1.807, 2.05) is 6.92 Å². The Kier molecular flexibility index (Phi) is 8.52. The van der Waals surface area contributed by atoms with E-state index in [1.165, 1.54) is 31.5 Å². The van der Waals surface area contributed by atoms with E-state index in [0.717, 1.165) is 51.1 Å². The first kappa shape index (κ1) is 22.3. The summed E-state index contributed by atoms with van der Waals surface area (Å²) in [6, 6.07) is 8.48. The third kappa shape index (κ3) is 6.53. The molecule has 0 spiro atoms. The van der Waals surface area contributed by atoms with Crippen LogP contribution in [-0.2, 0) is 16.0 Å². The summed E-state index contributed by atoms with van der Waals surface area (Å²) in [5, 5.41) is 3.19. The minimum absolute atomic E-state index is 0.0299. The van der Waals surface area contributed by atoms with E-state index in [-0.39, 0.29) is 18.0 Å². The average molecular weight is 402 g/mol. The molecule has 0 aromatic heterocycles. The van der Waals surface area contributed by atoms with Gasteiger partial charge in [-0.05, 0) is 70.2 Å². The van der Waals surface area contributed by atoms with Crippen LogP contribution in [0.3, 0.4) is 0 Å². The van der Waals surface area contributed by atoms with Crippen LogP contribution >= 0.6 is 0 Å². The number of rotatable bonds is 9. The van der Waals surface area contributed by atoms with Crippen LogP contribution in [0.25, 0.3) is 0 Å². The largest absolute Gasteiger partial charge is 0.377 e. The summed E-state index contributed by atoms with van der Waals surface area (Å²) in [4.78, 5) is 17.6. The normalized spacial score (nSPS) is 21.2. The maximum Gasteiger partial charge on any atom is 0.237 e. The molecule has 2 heterocycles. The second-order valence-electron chi connectivity index (χ2n) is 8.66. The number of amides is 1. The monoisotopic (exact) mass is 401 g/mol. The fourth-order valence-corrected chi connectivity index (χ4v) is 4.41. The first-order valence-electron chi connectivity index (χ1n) is 11.5. The van der Waals surface area contributed by atoms with E-state index in [0.29, 0.717) is 6.10 Å². The molecule has 2 aliphatic heterocycles. The Morgan fingerprint density at radius 2 is 1.76 bits per heavy atom. The molecule has 1 aromatic rings. The Morgan fingerprint density at radius 3 is 2.38 bits per heavy atom. The topological polar surface area (TPSA) is 44.8 Å². The summed E-state index contributed by atoms with van der Waals surface area (Å²) in [6.45, 7) is 12.5. The first-order valence-corrected chi connectivity index (χ1v) is 11.5. The Hall–Kier alpha value is -1.43. The zero-order chi connectivity index (χ0) is 20.6. The van der Waals surface area contributed by atoms with Crippen molar-refractivity contribution < 1.29 is 9.53 Å². The van der Waals surface area contributed by atoms with Gasteiger partial charge in [-0.1, -0.05) is 31.2 Å². The van der Waals surface area contributed by atoms with Gasteiger partial charge in [0.05, 0.1) is 24.8 Å². The zero-order valence-corrected chi connectivity index (χ0v) is 18.5. The van der Waals surface area contributed by atoms with E-state index in [4.69, 9.17) is 4.74 Å². The number of nitrogens with one attached hydrogen (secondary N) is 1. The molecule has 0 unspecified atom stereocenters. The van der Waals surface area contributed by atoms with Crippen LogP contribution in [0.2, 0.25) is 0 Å². The lowest BCUT2D eigenvalue weighted by atomic mass is 10.0. The third-order valence-electron chi connectivity index (χ3n) is 6.61. The van der Waals surface area contributed by atoms with Gasteiger partial charge < -0.3 is 15.0 Å². The number of hydrogen-bond acceptors (Lipinski definition) is 4. The van der Waals surface area contributed by atoms with Crippen LogP contribution in [0.5, 0.6) is 0 Å².